The Hall–Kier alpha value is -2.87. The molecule has 1 unspecified atom stereocenters. The normalized spacial score (nSPS) is 16.2. The van der Waals surface area contributed by atoms with Gasteiger partial charge in [0.25, 0.3) is 15.9 Å². The lowest BCUT2D eigenvalue weighted by Crippen LogP contribution is -2.33. The monoisotopic (exact) mass is 373 g/mol. The summed E-state index contributed by atoms with van der Waals surface area (Å²) < 4.78 is 27.9. The van der Waals surface area contributed by atoms with Gasteiger partial charge in [-0.3, -0.25) is 14.3 Å². The van der Waals surface area contributed by atoms with E-state index in [4.69, 9.17) is 5.73 Å². The van der Waals surface area contributed by atoms with Crippen LogP contribution in [0.3, 0.4) is 0 Å². The minimum Gasteiger partial charge on any atom is -0.366 e. The number of nitrogens with zero attached hydrogens (tertiary/aromatic N) is 1. The van der Waals surface area contributed by atoms with Crippen LogP contribution in [-0.2, 0) is 21.2 Å². The van der Waals surface area contributed by atoms with E-state index >= 15 is 0 Å². The highest BCUT2D eigenvalue weighted by Crippen LogP contribution is 2.34. The summed E-state index contributed by atoms with van der Waals surface area (Å²) in [7, 11) is -3.91. The lowest BCUT2D eigenvalue weighted by Gasteiger charge is -2.20. The van der Waals surface area contributed by atoms with E-state index in [-0.39, 0.29) is 28.1 Å². The molecule has 0 radical (unpaired) electrons. The molecule has 7 nitrogen and oxygen atoms in total. The smallest absolute Gasteiger partial charge is 0.261 e. The summed E-state index contributed by atoms with van der Waals surface area (Å²) in [5, 5.41) is 0. The van der Waals surface area contributed by atoms with Crippen LogP contribution in [-0.4, -0.2) is 26.3 Å². The van der Waals surface area contributed by atoms with Crippen molar-refractivity contribution in [3.8, 4) is 0 Å². The molecule has 2 aromatic carbocycles. The average molecular weight is 373 g/mol. The molecule has 0 saturated heterocycles. The van der Waals surface area contributed by atoms with Gasteiger partial charge in [-0.1, -0.05) is 12.1 Å². The van der Waals surface area contributed by atoms with E-state index in [9.17, 15) is 18.0 Å². The molecule has 0 aromatic heterocycles. The van der Waals surface area contributed by atoms with Gasteiger partial charge in [-0.15, -0.1) is 0 Å². The number of fused-ring (bicyclic) bond motifs is 1. The number of carbonyl (C=O) groups excluding carboxylic acids is 2. The van der Waals surface area contributed by atoms with Crippen molar-refractivity contribution in [3.05, 3.63) is 53.6 Å². The lowest BCUT2D eigenvalue weighted by molar-refractivity contribution is -0.116. The second-order valence-electron chi connectivity index (χ2n) is 6.25. The molecule has 2 aromatic rings. The molecule has 3 N–H and O–H groups in total. The van der Waals surface area contributed by atoms with Crippen LogP contribution < -0.4 is 15.4 Å². The summed E-state index contributed by atoms with van der Waals surface area (Å²) >= 11 is 0. The number of nitrogens with two attached hydrogens (primary N) is 1. The number of rotatable bonds is 4. The largest absolute Gasteiger partial charge is 0.366 e. The molecule has 3 rings (SSSR count). The van der Waals surface area contributed by atoms with Gasteiger partial charge < -0.3 is 10.6 Å². The summed E-state index contributed by atoms with van der Waals surface area (Å²) in [6.45, 7) is 3.40. The van der Waals surface area contributed by atoms with E-state index in [1.165, 1.54) is 25.1 Å². The van der Waals surface area contributed by atoms with E-state index in [1.807, 2.05) is 6.92 Å². The first kappa shape index (κ1) is 17.9. The second-order valence-corrected chi connectivity index (χ2v) is 7.93. The Morgan fingerprint density at radius 3 is 2.54 bits per heavy atom. The maximum Gasteiger partial charge on any atom is 0.261 e. The van der Waals surface area contributed by atoms with Crippen LogP contribution in [0.2, 0.25) is 0 Å². The van der Waals surface area contributed by atoms with Gasteiger partial charge in [0.05, 0.1) is 16.1 Å². The van der Waals surface area contributed by atoms with E-state index in [1.54, 1.807) is 29.2 Å². The molecule has 26 heavy (non-hydrogen) atoms. The predicted molar refractivity (Wildman–Crippen MR) is 98.5 cm³/mol. The summed E-state index contributed by atoms with van der Waals surface area (Å²) in [6, 6.07) is 10.8. The number of amides is 2. The molecule has 1 aliphatic rings. The molecule has 8 heteroatoms. The van der Waals surface area contributed by atoms with E-state index < -0.39 is 15.9 Å². The van der Waals surface area contributed by atoms with Crippen LogP contribution in [0.1, 0.15) is 29.8 Å². The molecule has 0 bridgehead atoms. The standard InChI is InChI=1S/C18H19N3O4S/c1-11-9-13-10-14(7-8-17(13)21(11)12(2)22)26(24,25)20-16-6-4-3-5-15(16)18(19)23/h3-8,10-11,20H,9H2,1-2H3,(H2,19,23). The molecular weight excluding hydrogens is 354 g/mol. The topological polar surface area (TPSA) is 110 Å². The lowest BCUT2D eigenvalue weighted by atomic mass is 10.1. The van der Waals surface area contributed by atoms with Crippen LogP contribution in [0.25, 0.3) is 0 Å². The van der Waals surface area contributed by atoms with Crippen molar-refractivity contribution in [1.29, 1.82) is 0 Å². The van der Waals surface area contributed by atoms with Crippen LogP contribution in [0.4, 0.5) is 11.4 Å². The van der Waals surface area contributed by atoms with Gasteiger partial charge in [0, 0.05) is 18.7 Å². The van der Waals surface area contributed by atoms with Crippen molar-refractivity contribution in [2.24, 2.45) is 5.73 Å². The van der Waals surface area contributed by atoms with E-state index in [0.29, 0.717) is 6.42 Å². The van der Waals surface area contributed by atoms with Crippen molar-refractivity contribution >= 4 is 33.2 Å². The molecule has 1 aliphatic heterocycles. The second kappa shape index (κ2) is 6.45. The van der Waals surface area contributed by atoms with Crippen LogP contribution in [0, 0.1) is 0 Å². The molecule has 136 valence electrons. The van der Waals surface area contributed by atoms with Gasteiger partial charge in [0.15, 0.2) is 0 Å². The molecule has 1 atom stereocenters. The Bertz CT molecular complexity index is 1000. The van der Waals surface area contributed by atoms with Gasteiger partial charge in [0.2, 0.25) is 5.91 Å². The number of benzene rings is 2. The zero-order valence-corrected chi connectivity index (χ0v) is 15.2. The van der Waals surface area contributed by atoms with Gasteiger partial charge >= 0.3 is 0 Å². The summed E-state index contributed by atoms with van der Waals surface area (Å²) in [6.07, 6.45) is 0.580. The molecular formula is C18H19N3O4S. The van der Waals surface area contributed by atoms with Gasteiger partial charge in [-0.25, -0.2) is 8.42 Å². The van der Waals surface area contributed by atoms with Crippen LogP contribution in [0.15, 0.2) is 47.4 Å². The van der Waals surface area contributed by atoms with Gasteiger partial charge in [-0.2, -0.15) is 0 Å². The highest BCUT2D eigenvalue weighted by atomic mass is 32.2. The highest BCUT2D eigenvalue weighted by molar-refractivity contribution is 7.92. The first-order valence-corrected chi connectivity index (χ1v) is 9.53. The maximum absolute atomic E-state index is 12.7. The summed E-state index contributed by atoms with van der Waals surface area (Å²) in [4.78, 5) is 25.0. The minimum atomic E-state index is -3.91. The molecule has 1 heterocycles. The molecule has 2 amide bonds. The minimum absolute atomic E-state index is 0.0241. The van der Waals surface area contributed by atoms with Crippen molar-refractivity contribution in [2.75, 3.05) is 9.62 Å². The average Bonchev–Trinajstić information content (AvgIpc) is 2.89. The zero-order valence-electron chi connectivity index (χ0n) is 14.4. The number of anilines is 2. The summed E-state index contributed by atoms with van der Waals surface area (Å²) in [5.41, 5.74) is 7.02. The maximum atomic E-state index is 12.7. The molecule has 0 spiro atoms. The fourth-order valence-electron chi connectivity index (χ4n) is 3.25. The van der Waals surface area contributed by atoms with Crippen molar-refractivity contribution in [2.45, 2.75) is 31.2 Å². The Morgan fingerprint density at radius 2 is 1.88 bits per heavy atom. The number of nitrogens with one attached hydrogen (secondary N) is 1. The number of hydrogen-bond donors (Lipinski definition) is 2. The first-order chi connectivity index (χ1) is 12.2. The number of sulfonamides is 1. The Labute approximate surface area is 151 Å². The highest BCUT2D eigenvalue weighted by Gasteiger charge is 2.30. The number of hydrogen-bond acceptors (Lipinski definition) is 4. The number of carbonyl (C=O) groups is 2. The quantitative estimate of drug-likeness (QED) is 0.853. The molecule has 0 saturated carbocycles. The number of para-hydroxylation sites is 1. The van der Waals surface area contributed by atoms with Crippen LogP contribution in [0.5, 0.6) is 0 Å². The SMILES string of the molecule is CC(=O)N1c2ccc(S(=O)(=O)Nc3ccccc3C(N)=O)cc2CC1C. The Kier molecular flexibility index (Phi) is 4.45. The third-order valence-electron chi connectivity index (χ3n) is 4.35. The molecule has 0 aliphatic carbocycles. The third kappa shape index (κ3) is 3.15. The molecule has 0 fully saturated rings. The zero-order chi connectivity index (χ0) is 19.1. The third-order valence-corrected chi connectivity index (χ3v) is 5.72. The van der Waals surface area contributed by atoms with E-state index in [2.05, 4.69) is 4.72 Å². The van der Waals surface area contributed by atoms with E-state index in [0.717, 1.165) is 11.3 Å². The fraction of sp³-hybridized carbons (Fsp3) is 0.222. The Balaban J connectivity index is 1.97. The van der Waals surface area contributed by atoms with Crippen molar-refractivity contribution < 1.29 is 18.0 Å². The van der Waals surface area contributed by atoms with Crippen molar-refractivity contribution in [3.63, 3.8) is 0 Å². The Morgan fingerprint density at radius 1 is 1.19 bits per heavy atom. The fourth-order valence-corrected chi connectivity index (χ4v) is 4.38. The van der Waals surface area contributed by atoms with Crippen LogP contribution >= 0.6 is 0 Å². The van der Waals surface area contributed by atoms with Gasteiger partial charge in [0.1, 0.15) is 0 Å². The first-order valence-electron chi connectivity index (χ1n) is 8.05. The van der Waals surface area contributed by atoms with Crippen molar-refractivity contribution in [1.82, 2.24) is 0 Å². The van der Waals surface area contributed by atoms with Gasteiger partial charge in [-0.05, 0) is 49.2 Å². The number of primary amides is 1. The predicted octanol–water partition coefficient (Wildman–Crippen LogP) is 1.88. The summed E-state index contributed by atoms with van der Waals surface area (Å²) in [5.74, 6) is -0.802.